The van der Waals surface area contributed by atoms with Gasteiger partial charge in [0.05, 0.1) is 24.5 Å². The maximum atomic E-state index is 12.5. The van der Waals surface area contributed by atoms with Gasteiger partial charge in [0.2, 0.25) is 5.91 Å². The maximum Gasteiger partial charge on any atom is 0.242 e. The summed E-state index contributed by atoms with van der Waals surface area (Å²) in [5.41, 5.74) is 1.16. The van der Waals surface area contributed by atoms with Crippen LogP contribution in [0.25, 0.3) is 0 Å². The molecule has 1 fully saturated rings. The Morgan fingerprint density at radius 2 is 2.04 bits per heavy atom. The van der Waals surface area contributed by atoms with Crippen LogP contribution in [-0.4, -0.2) is 49.5 Å². The molecule has 1 atom stereocenters. The van der Waals surface area contributed by atoms with E-state index in [0.29, 0.717) is 6.04 Å². The van der Waals surface area contributed by atoms with Crippen molar-refractivity contribution in [1.29, 1.82) is 0 Å². The van der Waals surface area contributed by atoms with Crippen molar-refractivity contribution in [2.75, 3.05) is 18.4 Å². The lowest BCUT2D eigenvalue weighted by atomic mass is 10.1. The third kappa shape index (κ3) is 3.14. The van der Waals surface area contributed by atoms with E-state index in [0.717, 1.165) is 24.5 Å². The van der Waals surface area contributed by atoms with Crippen molar-refractivity contribution < 1.29 is 4.79 Å². The van der Waals surface area contributed by atoms with Gasteiger partial charge in [-0.3, -0.25) is 14.4 Å². The first-order chi connectivity index (χ1) is 11.0. The van der Waals surface area contributed by atoms with Crippen LogP contribution in [0.4, 0.5) is 5.82 Å². The molecule has 1 saturated heterocycles. The largest absolute Gasteiger partial charge is 0.310 e. The number of hydrogen-bond donors (Lipinski definition) is 1. The van der Waals surface area contributed by atoms with Crippen molar-refractivity contribution in [2.24, 2.45) is 0 Å². The molecule has 7 heteroatoms. The van der Waals surface area contributed by atoms with Gasteiger partial charge in [0, 0.05) is 31.4 Å². The Balaban J connectivity index is 1.56. The Morgan fingerprint density at radius 3 is 2.65 bits per heavy atom. The van der Waals surface area contributed by atoms with Gasteiger partial charge in [0.1, 0.15) is 5.82 Å². The van der Waals surface area contributed by atoms with Gasteiger partial charge in [0.25, 0.3) is 0 Å². The van der Waals surface area contributed by atoms with E-state index in [9.17, 15) is 4.79 Å². The lowest BCUT2D eigenvalue weighted by Gasteiger charge is -2.42. The Morgan fingerprint density at radius 1 is 1.30 bits per heavy atom. The number of hydrogen-bond acceptors (Lipinski definition) is 4. The minimum absolute atomic E-state index is 0.00231. The molecule has 0 saturated carbocycles. The van der Waals surface area contributed by atoms with Gasteiger partial charge in [-0.05, 0) is 33.3 Å². The quantitative estimate of drug-likeness (QED) is 0.914. The second-order valence-corrected chi connectivity index (χ2v) is 6.53. The molecule has 23 heavy (non-hydrogen) atoms. The number of aryl methyl sites for hydroxylation is 1. The average Bonchev–Trinajstić information content (AvgIpc) is 3.06. The summed E-state index contributed by atoms with van der Waals surface area (Å²) in [4.78, 5) is 14.6. The highest BCUT2D eigenvalue weighted by Crippen LogP contribution is 2.24. The van der Waals surface area contributed by atoms with Crippen LogP contribution >= 0.6 is 0 Å². The number of likely N-dealkylation sites (tertiary alicyclic amines) is 1. The molecule has 0 aromatic carbocycles. The summed E-state index contributed by atoms with van der Waals surface area (Å²) in [7, 11) is 0. The zero-order valence-corrected chi connectivity index (χ0v) is 14.1. The van der Waals surface area contributed by atoms with Crippen LogP contribution in [-0.2, 0) is 4.79 Å². The molecule has 3 rings (SSSR count). The van der Waals surface area contributed by atoms with Gasteiger partial charge >= 0.3 is 0 Å². The SMILES string of the molecule is Cc1cnn(C2CN(C(C)C(=O)Nc3ccnn3C(C)C)C2)c1. The van der Waals surface area contributed by atoms with Gasteiger partial charge in [-0.15, -0.1) is 0 Å². The van der Waals surface area contributed by atoms with E-state index in [1.54, 1.807) is 6.20 Å². The maximum absolute atomic E-state index is 12.5. The van der Waals surface area contributed by atoms with Crippen LogP contribution in [0.2, 0.25) is 0 Å². The van der Waals surface area contributed by atoms with E-state index < -0.39 is 0 Å². The first kappa shape index (κ1) is 15.7. The molecule has 0 radical (unpaired) electrons. The first-order valence-electron chi connectivity index (χ1n) is 8.05. The number of carbonyl (C=O) groups excluding carboxylic acids is 1. The number of carbonyl (C=O) groups is 1. The second-order valence-electron chi connectivity index (χ2n) is 6.53. The summed E-state index contributed by atoms with van der Waals surface area (Å²) in [5.74, 6) is 0.749. The minimum atomic E-state index is -0.168. The van der Waals surface area contributed by atoms with Crippen molar-refractivity contribution in [3.8, 4) is 0 Å². The predicted molar refractivity (Wildman–Crippen MR) is 88.3 cm³/mol. The summed E-state index contributed by atoms with van der Waals surface area (Å²) in [5, 5.41) is 11.6. The summed E-state index contributed by atoms with van der Waals surface area (Å²) < 4.78 is 3.81. The normalized spacial score (nSPS) is 17.3. The molecular formula is C16H24N6O. The molecule has 1 aliphatic rings. The minimum Gasteiger partial charge on any atom is -0.310 e. The van der Waals surface area contributed by atoms with Crippen molar-refractivity contribution in [2.45, 2.75) is 45.8 Å². The zero-order chi connectivity index (χ0) is 16.6. The highest BCUT2D eigenvalue weighted by molar-refractivity contribution is 5.93. The summed E-state index contributed by atoms with van der Waals surface area (Å²) >= 11 is 0. The molecule has 7 nitrogen and oxygen atoms in total. The highest BCUT2D eigenvalue weighted by atomic mass is 16.2. The van der Waals surface area contributed by atoms with Crippen LogP contribution in [0.3, 0.4) is 0 Å². The summed E-state index contributed by atoms with van der Waals surface area (Å²) in [6.45, 7) is 9.75. The number of nitrogens with one attached hydrogen (secondary N) is 1. The monoisotopic (exact) mass is 316 g/mol. The first-order valence-corrected chi connectivity index (χ1v) is 8.05. The average molecular weight is 316 g/mol. The van der Waals surface area contributed by atoms with Gasteiger partial charge in [-0.1, -0.05) is 0 Å². The van der Waals surface area contributed by atoms with Crippen molar-refractivity contribution in [3.05, 3.63) is 30.2 Å². The Labute approximate surface area is 136 Å². The van der Waals surface area contributed by atoms with Crippen molar-refractivity contribution in [1.82, 2.24) is 24.5 Å². The molecule has 1 amide bonds. The third-order valence-electron chi connectivity index (χ3n) is 4.33. The van der Waals surface area contributed by atoms with Crippen LogP contribution in [0, 0.1) is 6.92 Å². The van der Waals surface area contributed by atoms with Gasteiger partial charge in [0.15, 0.2) is 0 Å². The molecule has 124 valence electrons. The van der Waals surface area contributed by atoms with E-state index >= 15 is 0 Å². The number of nitrogens with zero attached hydrogens (tertiary/aromatic N) is 5. The molecule has 0 spiro atoms. The Hall–Kier alpha value is -2.15. The summed E-state index contributed by atoms with van der Waals surface area (Å²) in [6, 6.07) is 2.24. The fraction of sp³-hybridized carbons (Fsp3) is 0.562. The van der Waals surface area contributed by atoms with E-state index in [2.05, 4.69) is 20.4 Å². The van der Waals surface area contributed by atoms with Crippen LogP contribution in [0.5, 0.6) is 0 Å². The second kappa shape index (κ2) is 6.16. The van der Waals surface area contributed by atoms with Crippen molar-refractivity contribution >= 4 is 11.7 Å². The Bertz CT molecular complexity index is 682. The fourth-order valence-corrected chi connectivity index (χ4v) is 2.83. The molecule has 1 unspecified atom stereocenters. The van der Waals surface area contributed by atoms with Crippen molar-refractivity contribution in [3.63, 3.8) is 0 Å². The summed E-state index contributed by atoms with van der Waals surface area (Å²) in [6.07, 6.45) is 5.62. The lowest BCUT2D eigenvalue weighted by molar-refractivity contribution is -0.123. The third-order valence-corrected chi connectivity index (χ3v) is 4.33. The van der Waals surface area contributed by atoms with Crippen LogP contribution < -0.4 is 5.32 Å². The Kier molecular flexibility index (Phi) is 4.21. The molecular weight excluding hydrogens is 292 g/mol. The number of amides is 1. The number of anilines is 1. The molecule has 1 aliphatic heterocycles. The predicted octanol–water partition coefficient (Wildman–Crippen LogP) is 1.85. The molecule has 3 heterocycles. The van der Waals surface area contributed by atoms with E-state index in [4.69, 9.17) is 0 Å². The fourth-order valence-electron chi connectivity index (χ4n) is 2.83. The van der Waals surface area contributed by atoms with E-state index in [-0.39, 0.29) is 18.0 Å². The standard InChI is InChI=1S/C16H24N6O/c1-11(2)22-15(5-6-17-22)19-16(23)13(4)20-9-14(10-20)21-8-12(3)7-18-21/h5-8,11,13-14H,9-10H2,1-4H3,(H,19,23). The molecule has 2 aromatic heterocycles. The molecule has 0 aliphatic carbocycles. The van der Waals surface area contributed by atoms with E-state index in [1.165, 1.54) is 0 Å². The molecule has 2 aromatic rings. The highest BCUT2D eigenvalue weighted by Gasteiger charge is 2.35. The van der Waals surface area contributed by atoms with Crippen LogP contribution in [0.15, 0.2) is 24.7 Å². The zero-order valence-electron chi connectivity index (χ0n) is 14.1. The number of aromatic nitrogens is 4. The molecule has 1 N–H and O–H groups in total. The van der Waals surface area contributed by atoms with Gasteiger partial charge in [-0.2, -0.15) is 10.2 Å². The smallest absolute Gasteiger partial charge is 0.242 e. The topological polar surface area (TPSA) is 68.0 Å². The lowest BCUT2D eigenvalue weighted by Crippen LogP contribution is -2.55. The molecule has 0 bridgehead atoms. The van der Waals surface area contributed by atoms with Crippen LogP contribution in [0.1, 0.15) is 38.4 Å². The van der Waals surface area contributed by atoms with Gasteiger partial charge < -0.3 is 5.32 Å². The number of rotatable bonds is 5. The van der Waals surface area contributed by atoms with Gasteiger partial charge in [-0.25, -0.2) is 4.68 Å². The van der Waals surface area contributed by atoms with E-state index in [1.807, 2.05) is 55.5 Å².